The van der Waals surface area contributed by atoms with Gasteiger partial charge in [0.2, 0.25) is 0 Å². The number of methoxy groups -OCH3 is 1. The van der Waals surface area contributed by atoms with Gasteiger partial charge in [-0.3, -0.25) is 0 Å². The van der Waals surface area contributed by atoms with E-state index in [1.54, 1.807) is 26.8 Å². The molecule has 1 aromatic heterocycles. The summed E-state index contributed by atoms with van der Waals surface area (Å²) in [6, 6.07) is 4.51. The van der Waals surface area contributed by atoms with Gasteiger partial charge in [-0.25, -0.2) is 9.59 Å². The van der Waals surface area contributed by atoms with Crippen molar-refractivity contribution in [2.24, 2.45) is 0 Å². The normalized spacial score (nSPS) is 11.3. The van der Waals surface area contributed by atoms with Crippen LogP contribution >= 0.6 is 0 Å². The van der Waals surface area contributed by atoms with Crippen LogP contribution in [0.2, 0.25) is 0 Å². The number of phenols is 2. The number of aromatic nitrogens is 1. The zero-order valence-corrected chi connectivity index (χ0v) is 17.4. The van der Waals surface area contributed by atoms with Crippen molar-refractivity contribution in [3.63, 3.8) is 0 Å². The molecular weight excluding hydrogens is 376 g/mol. The van der Waals surface area contributed by atoms with Gasteiger partial charge in [0.05, 0.1) is 12.7 Å². The standard InChI is InChI=1S/C21H28N2O6/c1-6-13-17(19(26)28-5)14(23-18(13)20(27)29-21(2,3)4)11-22-10-12-7-8-15(24)16(25)9-12/h7-9,22-25H,6,10-11H2,1-5H3. The van der Waals surface area contributed by atoms with E-state index in [0.717, 1.165) is 5.56 Å². The number of esters is 2. The molecule has 29 heavy (non-hydrogen) atoms. The van der Waals surface area contributed by atoms with E-state index in [9.17, 15) is 19.8 Å². The Bertz CT molecular complexity index is 895. The SMILES string of the molecule is CCc1c(C(=O)OC(C)(C)C)[nH]c(CNCc2ccc(O)c(O)c2)c1C(=O)OC. The molecule has 0 amide bonds. The fourth-order valence-corrected chi connectivity index (χ4v) is 2.94. The van der Waals surface area contributed by atoms with E-state index in [-0.39, 0.29) is 23.7 Å². The number of ether oxygens (including phenoxy) is 2. The molecule has 0 saturated heterocycles. The Labute approximate surface area is 169 Å². The zero-order valence-electron chi connectivity index (χ0n) is 17.4. The number of phenolic OH excluding ortho intramolecular Hbond substituents is 2. The first-order valence-corrected chi connectivity index (χ1v) is 9.34. The number of aromatic hydroxyl groups is 2. The molecule has 158 valence electrons. The van der Waals surface area contributed by atoms with Crippen molar-refractivity contribution in [1.29, 1.82) is 0 Å². The van der Waals surface area contributed by atoms with Gasteiger partial charge in [-0.15, -0.1) is 0 Å². The van der Waals surface area contributed by atoms with Gasteiger partial charge in [0.15, 0.2) is 11.5 Å². The average Bonchev–Trinajstić information content (AvgIpc) is 3.01. The molecule has 1 heterocycles. The minimum Gasteiger partial charge on any atom is -0.504 e. The highest BCUT2D eigenvalue weighted by Gasteiger charge is 2.28. The third-order valence-corrected chi connectivity index (χ3v) is 4.20. The van der Waals surface area contributed by atoms with Crippen molar-refractivity contribution in [1.82, 2.24) is 10.3 Å². The predicted molar refractivity (Wildman–Crippen MR) is 107 cm³/mol. The Hall–Kier alpha value is -3.00. The zero-order chi connectivity index (χ0) is 21.8. The summed E-state index contributed by atoms with van der Waals surface area (Å²) in [4.78, 5) is 28.0. The highest BCUT2D eigenvalue weighted by atomic mass is 16.6. The lowest BCUT2D eigenvalue weighted by Gasteiger charge is -2.19. The van der Waals surface area contributed by atoms with E-state index in [0.29, 0.717) is 29.8 Å². The van der Waals surface area contributed by atoms with E-state index < -0.39 is 17.5 Å². The Kier molecular flexibility index (Phi) is 6.92. The summed E-state index contributed by atoms with van der Waals surface area (Å²) >= 11 is 0. The summed E-state index contributed by atoms with van der Waals surface area (Å²) in [5.41, 5.74) is 1.69. The minimum atomic E-state index is -0.669. The fraction of sp³-hybridized carbons (Fsp3) is 0.429. The average molecular weight is 404 g/mol. The predicted octanol–water partition coefficient (Wildman–Crippen LogP) is 3.02. The Morgan fingerprint density at radius 1 is 1.10 bits per heavy atom. The van der Waals surface area contributed by atoms with E-state index in [4.69, 9.17) is 9.47 Å². The smallest absolute Gasteiger partial charge is 0.355 e. The quantitative estimate of drug-likeness (QED) is 0.413. The van der Waals surface area contributed by atoms with E-state index >= 15 is 0 Å². The fourth-order valence-electron chi connectivity index (χ4n) is 2.94. The number of carbonyl (C=O) groups is 2. The molecule has 0 atom stereocenters. The van der Waals surface area contributed by atoms with Crippen LogP contribution in [0.4, 0.5) is 0 Å². The van der Waals surface area contributed by atoms with Gasteiger partial charge in [-0.05, 0) is 50.5 Å². The number of carbonyl (C=O) groups excluding carboxylic acids is 2. The highest BCUT2D eigenvalue weighted by Crippen LogP contribution is 2.26. The van der Waals surface area contributed by atoms with Crippen molar-refractivity contribution >= 4 is 11.9 Å². The summed E-state index contributed by atoms with van der Waals surface area (Å²) in [7, 11) is 1.29. The van der Waals surface area contributed by atoms with Crippen LogP contribution in [-0.2, 0) is 29.0 Å². The molecule has 0 fully saturated rings. The van der Waals surface area contributed by atoms with Gasteiger partial charge >= 0.3 is 11.9 Å². The summed E-state index contributed by atoms with van der Waals surface area (Å²) in [5.74, 6) is -1.47. The largest absolute Gasteiger partial charge is 0.504 e. The van der Waals surface area contributed by atoms with Crippen molar-refractivity contribution in [3.05, 3.63) is 46.3 Å². The van der Waals surface area contributed by atoms with Crippen molar-refractivity contribution in [3.8, 4) is 11.5 Å². The second-order valence-corrected chi connectivity index (χ2v) is 7.61. The van der Waals surface area contributed by atoms with Gasteiger partial charge < -0.3 is 30.0 Å². The van der Waals surface area contributed by atoms with E-state index in [2.05, 4.69) is 10.3 Å². The molecule has 2 rings (SSSR count). The number of benzene rings is 1. The monoisotopic (exact) mass is 404 g/mol. The first-order chi connectivity index (χ1) is 13.6. The van der Waals surface area contributed by atoms with Crippen LogP contribution in [0.25, 0.3) is 0 Å². The molecule has 0 aliphatic rings. The first-order valence-electron chi connectivity index (χ1n) is 9.34. The second-order valence-electron chi connectivity index (χ2n) is 7.61. The molecule has 1 aromatic carbocycles. The molecule has 0 unspecified atom stereocenters. The number of nitrogens with one attached hydrogen (secondary N) is 2. The molecule has 0 bridgehead atoms. The number of hydrogen-bond donors (Lipinski definition) is 4. The van der Waals surface area contributed by atoms with Gasteiger partial charge in [0.25, 0.3) is 0 Å². The molecule has 0 aliphatic carbocycles. The molecule has 0 spiro atoms. The van der Waals surface area contributed by atoms with Crippen LogP contribution in [0.15, 0.2) is 18.2 Å². The number of aromatic amines is 1. The second kappa shape index (κ2) is 9.00. The van der Waals surface area contributed by atoms with Gasteiger partial charge in [0.1, 0.15) is 11.3 Å². The van der Waals surface area contributed by atoms with Crippen molar-refractivity contribution in [2.75, 3.05) is 7.11 Å². The third-order valence-electron chi connectivity index (χ3n) is 4.20. The molecule has 0 saturated carbocycles. The highest BCUT2D eigenvalue weighted by molar-refractivity contribution is 5.98. The molecule has 4 N–H and O–H groups in total. The Morgan fingerprint density at radius 3 is 2.34 bits per heavy atom. The van der Waals surface area contributed by atoms with Crippen LogP contribution in [0, 0.1) is 0 Å². The summed E-state index contributed by atoms with van der Waals surface area (Å²) in [6.07, 6.45) is 0.446. The lowest BCUT2D eigenvalue weighted by atomic mass is 10.1. The van der Waals surface area contributed by atoms with Gasteiger partial charge in [-0.2, -0.15) is 0 Å². The topological polar surface area (TPSA) is 121 Å². The van der Waals surface area contributed by atoms with Crippen LogP contribution in [0.5, 0.6) is 11.5 Å². The lowest BCUT2D eigenvalue weighted by Crippen LogP contribution is -2.24. The van der Waals surface area contributed by atoms with Crippen LogP contribution in [0.3, 0.4) is 0 Å². The molecule has 2 aromatic rings. The number of H-pyrrole nitrogens is 1. The molecule has 8 heteroatoms. The maximum absolute atomic E-state index is 12.6. The molecule has 0 aliphatic heterocycles. The van der Waals surface area contributed by atoms with Crippen molar-refractivity contribution < 1.29 is 29.3 Å². The summed E-state index contributed by atoms with van der Waals surface area (Å²) < 4.78 is 10.4. The third kappa shape index (κ3) is 5.51. The minimum absolute atomic E-state index is 0.194. The Morgan fingerprint density at radius 2 is 1.79 bits per heavy atom. The van der Waals surface area contributed by atoms with Crippen LogP contribution in [-0.4, -0.2) is 39.8 Å². The first kappa shape index (κ1) is 22.3. The van der Waals surface area contributed by atoms with E-state index in [1.807, 2.05) is 6.92 Å². The maximum atomic E-state index is 12.6. The lowest BCUT2D eigenvalue weighted by molar-refractivity contribution is 0.00621. The Balaban J connectivity index is 2.28. The van der Waals surface area contributed by atoms with Crippen LogP contribution in [0.1, 0.15) is 65.4 Å². The summed E-state index contributed by atoms with van der Waals surface area (Å²) in [5, 5.41) is 22.1. The number of hydrogen-bond acceptors (Lipinski definition) is 7. The van der Waals surface area contributed by atoms with E-state index in [1.165, 1.54) is 19.2 Å². The summed E-state index contributed by atoms with van der Waals surface area (Å²) in [6.45, 7) is 7.79. The maximum Gasteiger partial charge on any atom is 0.355 e. The number of rotatable bonds is 7. The van der Waals surface area contributed by atoms with Gasteiger partial charge in [-0.1, -0.05) is 13.0 Å². The molecular formula is C21H28N2O6. The van der Waals surface area contributed by atoms with Crippen molar-refractivity contribution in [2.45, 2.75) is 52.8 Å². The molecule has 0 radical (unpaired) electrons. The van der Waals surface area contributed by atoms with Gasteiger partial charge in [0, 0.05) is 18.8 Å². The molecule has 8 nitrogen and oxygen atoms in total. The van der Waals surface area contributed by atoms with Crippen LogP contribution < -0.4 is 5.32 Å².